The summed E-state index contributed by atoms with van der Waals surface area (Å²) in [5, 5.41) is 9.00. The topological polar surface area (TPSA) is 20.2 Å². The van der Waals surface area contributed by atoms with Crippen LogP contribution in [0.25, 0.3) is 0 Å². The minimum atomic E-state index is 0.298. The van der Waals surface area contributed by atoms with Gasteiger partial charge >= 0.3 is 0 Å². The molecule has 2 rings (SSSR count). The van der Waals surface area contributed by atoms with Crippen molar-refractivity contribution in [2.45, 2.75) is 58.3 Å². The molecule has 0 radical (unpaired) electrons. The van der Waals surface area contributed by atoms with Gasteiger partial charge in [-0.05, 0) is 61.0 Å². The molecule has 0 amide bonds. The first-order valence-corrected chi connectivity index (χ1v) is 7.31. The summed E-state index contributed by atoms with van der Waals surface area (Å²) >= 11 is 0. The second-order valence-corrected chi connectivity index (χ2v) is 6.46. The second kappa shape index (κ2) is 5.88. The molecule has 0 aliphatic heterocycles. The summed E-state index contributed by atoms with van der Waals surface area (Å²) in [6.07, 6.45) is 7.23. The maximum absolute atomic E-state index is 9.00. The van der Waals surface area contributed by atoms with Crippen LogP contribution in [0.15, 0.2) is 24.3 Å². The maximum atomic E-state index is 9.00. The first-order chi connectivity index (χ1) is 8.62. The molecule has 1 aromatic rings. The monoisotopic (exact) mass is 246 g/mol. The molecule has 1 aliphatic carbocycles. The molecule has 0 spiro atoms. The van der Waals surface area contributed by atoms with E-state index in [0.717, 1.165) is 18.8 Å². The van der Waals surface area contributed by atoms with Crippen LogP contribution in [0.5, 0.6) is 0 Å². The number of benzene rings is 1. The van der Waals surface area contributed by atoms with Gasteiger partial charge in [0.1, 0.15) is 0 Å². The van der Waals surface area contributed by atoms with E-state index in [2.05, 4.69) is 38.1 Å². The van der Waals surface area contributed by atoms with Crippen LogP contribution in [0.4, 0.5) is 0 Å². The van der Waals surface area contributed by atoms with Gasteiger partial charge in [0, 0.05) is 6.61 Å². The summed E-state index contributed by atoms with van der Waals surface area (Å²) in [5.41, 5.74) is 3.54. The molecule has 1 N–H and O–H groups in total. The van der Waals surface area contributed by atoms with Crippen molar-refractivity contribution >= 4 is 0 Å². The Bertz CT molecular complexity index is 371. The van der Waals surface area contributed by atoms with E-state index in [4.69, 9.17) is 5.11 Å². The SMILES string of the molecule is CC1(C)CCC(c2ccccc2CCCO)CC1. The molecule has 1 aromatic carbocycles. The van der Waals surface area contributed by atoms with Crippen molar-refractivity contribution in [3.05, 3.63) is 35.4 Å². The van der Waals surface area contributed by atoms with Crippen LogP contribution in [0.1, 0.15) is 63.0 Å². The minimum absolute atomic E-state index is 0.298. The smallest absolute Gasteiger partial charge is 0.0434 e. The summed E-state index contributed by atoms with van der Waals surface area (Å²) in [6.45, 7) is 5.08. The molecule has 1 fully saturated rings. The zero-order valence-corrected chi connectivity index (χ0v) is 11.8. The average molecular weight is 246 g/mol. The third-order valence-corrected chi connectivity index (χ3v) is 4.44. The third-order valence-electron chi connectivity index (χ3n) is 4.44. The van der Waals surface area contributed by atoms with Gasteiger partial charge in [0.2, 0.25) is 0 Å². The van der Waals surface area contributed by atoms with Crippen molar-refractivity contribution in [2.24, 2.45) is 5.41 Å². The van der Waals surface area contributed by atoms with Gasteiger partial charge in [-0.3, -0.25) is 0 Å². The zero-order chi connectivity index (χ0) is 13.0. The molecule has 18 heavy (non-hydrogen) atoms. The number of hydrogen-bond acceptors (Lipinski definition) is 1. The van der Waals surface area contributed by atoms with E-state index in [1.807, 2.05) is 0 Å². The summed E-state index contributed by atoms with van der Waals surface area (Å²) in [5.74, 6) is 0.743. The number of rotatable bonds is 4. The number of aliphatic hydroxyl groups is 1. The van der Waals surface area contributed by atoms with Gasteiger partial charge in [0.15, 0.2) is 0 Å². The van der Waals surface area contributed by atoms with Gasteiger partial charge in [-0.2, -0.15) is 0 Å². The number of hydrogen-bond donors (Lipinski definition) is 1. The fourth-order valence-electron chi connectivity index (χ4n) is 3.14. The Hall–Kier alpha value is -0.820. The second-order valence-electron chi connectivity index (χ2n) is 6.46. The van der Waals surface area contributed by atoms with Crippen LogP contribution in [0.2, 0.25) is 0 Å². The van der Waals surface area contributed by atoms with E-state index < -0.39 is 0 Å². The lowest BCUT2D eigenvalue weighted by atomic mass is 9.70. The molecule has 1 aliphatic rings. The fraction of sp³-hybridized carbons (Fsp3) is 0.647. The molecule has 1 saturated carbocycles. The van der Waals surface area contributed by atoms with E-state index in [-0.39, 0.29) is 0 Å². The lowest BCUT2D eigenvalue weighted by Gasteiger charge is -2.35. The zero-order valence-electron chi connectivity index (χ0n) is 11.8. The van der Waals surface area contributed by atoms with Crippen molar-refractivity contribution in [3.8, 4) is 0 Å². The van der Waals surface area contributed by atoms with E-state index in [0.29, 0.717) is 12.0 Å². The highest BCUT2D eigenvalue weighted by Crippen LogP contribution is 2.43. The van der Waals surface area contributed by atoms with Gasteiger partial charge in [-0.25, -0.2) is 0 Å². The first-order valence-electron chi connectivity index (χ1n) is 7.31. The largest absolute Gasteiger partial charge is 0.396 e. The highest BCUT2D eigenvalue weighted by Gasteiger charge is 2.28. The first kappa shape index (κ1) is 13.6. The molecule has 0 atom stereocenters. The molecule has 0 heterocycles. The highest BCUT2D eigenvalue weighted by atomic mass is 16.2. The van der Waals surface area contributed by atoms with Crippen LogP contribution >= 0.6 is 0 Å². The van der Waals surface area contributed by atoms with Crippen LogP contribution in [0, 0.1) is 5.41 Å². The fourth-order valence-corrected chi connectivity index (χ4v) is 3.14. The van der Waals surface area contributed by atoms with Crippen molar-refractivity contribution in [1.29, 1.82) is 0 Å². The van der Waals surface area contributed by atoms with Gasteiger partial charge < -0.3 is 5.11 Å². The third kappa shape index (κ3) is 3.35. The van der Waals surface area contributed by atoms with Gasteiger partial charge in [-0.15, -0.1) is 0 Å². The molecular weight excluding hydrogens is 220 g/mol. The van der Waals surface area contributed by atoms with Crippen LogP contribution in [-0.4, -0.2) is 11.7 Å². The molecule has 0 bridgehead atoms. The highest BCUT2D eigenvalue weighted by molar-refractivity contribution is 5.31. The van der Waals surface area contributed by atoms with Crippen LogP contribution < -0.4 is 0 Å². The summed E-state index contributed by atoms with van der Waals surface area (Å²) in [6, 6.07) is 8.83. The van der Waals surface area contributed by atoms with E-state index in [1.165, 1.54) is 31.2 Å². The number of aliphatic hydroxyl groups excluding tert-OH is 1. The lowest BCUT2D eigenvalue weighted by molar-refractivity contribution is 0.224. The van der Waals surface area contributed by atoms with Gasteiger partial charge in [-0.1, -0.05) is 38.1 Å². The molecular formula is C17H26O. The average Bonchev–Trinajstić information content (AvgIpc) is 2.37. The Morgan fingerprint density at radius 2 is 1.83 bits per heavy atom. The summed E-state index contributed by atoms with van der Waals surface area (Å²) in [4.78, 5) is 0. The van der Waals surface area contributed by atoms with Crippen molar-refractivity contribution < 1.29 is 5.11 Å². The quantitative estimate of drug-likeness (QED) is 0.840. The Labute approximate surface area is 111 Å². The maximum Gasteiger partial charge on any atom is 0.0434 e. The van der Waals surface area contributed by atoms with E-state index in [9.17, 15) is 0 Å². The van der Waals surface area contributed by atoms with Crippen molar-refractivity contribution in [3.63, 3.8) is 0 Å². The Morgan fingerprint density at radius 3 is 2.50 bits per heavy atom. The van der Waals surface area contributed by atoms with Crippen molar-refractivity contribution in [1.82, 2.24) is 0 Å². The van der Waals surface area contributed by atoms with Crippen molar-refractivity contribution in [2.75, 3.05) is 6.61 Å². The standard InChI is InChI=1S/C17H26O/c1-17(2)11-9-15(10-12-17)16-8-4-3-6-14(16)7-5-13-18/h3-4,6,8,15,18H,5,7,9-13H2,1-2H3. The molecule has 1 heteroatoms. The molecule has 0 aromatic heterocycles. The predicted molar refractivity (Wildman–Crippen MR) is 76.8 cm³/mol. The summed E-state index contributed by atoms with van der Waals surface area (Å²) < 4.78 is 0. The minimum Gasteiger partial charge on any atom is -0.396 e. The van der Waals surface area contributed by atoms with Gasteiger partial charge in [0.25, 0.3) is 0 Å². The Kier molecular flexibility index (Phi) is 4.45. The molecule has 100 valence electrons. The molecule has 0 saturated heterocycles. The summed E-state index contributed by atoms with van der Waals surface area (Å²) in [7, 11) is 0. The Morgan fingerprint density at radius 1 is 1.17 bits per heavy atom. The molecule has 1 nitrogen and oxygen atoms in total. The lowest BCUT2D eigenvalue weighted by Crippen LogP contribution is -2.20. The predicted octanol–water partition coefficient (Wildman–Crippen LogP) is 4.30. The van der Waals surface area contributed by atoms with Crippen LogP contribution in [-0.2, 0) is 6.42 Å². The number of aryl methyl sites for hydroxylation is 1. The normalized spacial score (nSPS) is 19.9. The van der Waals surface area contributed by atoms with Crippen LogP contribution in [0.3, 0.4) is 0 Å². The van der Waals surface area contributed by atoms with E-state index >= 15 is 0 Å². The van der Waals surface area contributed by atoms with Gasteiger partial charge in [0.05, 0.1) is 0 Å². The Balaban J connectivity index is 2.08. The van der Waals surface area contributed by atoms with E-state index in [1.54, 1.807) is 5.56 Å². The molecule has 0 unspecified atom stereocenters.